The van der Waals surface area contributed by atoms with Gasteiger partial charge in [0.15, 0.2) is 0 Å². The molecule has 0 unspecified atom stereocenters. The van der Waals surface area contributed by atoms with Crippen LogP contribution in [0, 0.1) is 11.3 Å². The van der Waals surface area contributed by atoms with Crippen LogP contribution in [0.4, 0.5) is 5.69 Å². The minimum Gasteiger partial charge on any atom is -0.487 e. The van der Waals surface area contributed by atoms with Crippen LogP contribution in [0.25, 0.3) is 0 Å². The number of para-hydroxylation sites is 2. The second kappa shape index (κ2) is 6.39. The van der Waals surface area contributed by atoms with E-state index in [2.05, 4.69) is 11.4 Å². The number of carbonyl (C=O) groups excluding carboxylic acids is 1. The SMILES string of the molecule is CC(=O)Nc1ccccc1OCc1ccc(C#N)cc1. The van der Waals surface area contributed by atoms with Crippen molar-refractivity contribution < 1.29 is 9.53 Å². The number of amides is 1. The average Bonchev–Trinajstić information content (AvgIpc) is 2.46. The number of benzene rings is 2. The van der Waals surface area contributed by atoms with Gasteiger partial charge in [-0.25, -0.2) is 0 Å². The summed E-state index contributed by atoms with van der Waals surface area (Å²) in [5.74, 6) is 0.478. The van der Waals surface area contributed by atoms with Crippen LogP contribution in [0.5, 0.6) is 5.75 Å². The molecule has 1 N–H and O–H groups in total. The maximum absolute atomic E-state index is 11.1. The summed E-state index contributed by atoms with van der Waals surface area (Å²) in [6.45, 7) is 1.83. The summed E-state index contributed by atoms with van der Waals surface area (Å²) in [5, 5.41) is 11.5. The molecular weight excluding hydrogens is 252 g/mol. The van der Waals surface area contributed by atoms with Gasteiger partial charge in [0, 0.05) is 6.92 Å². The average molecular weight is 266 g/mol. The van der Waals surface area contributed by atoms with Crippen LogP contribution in [-0.4, -0.2) is 5.91 Å². The van der Waals surface area contributed by atoms with E-state index in [1.54, 1.807) is 24.3 Å². The Labute approximate surface area is 117 Å². The lowest BCUT2D eigenvalue weighted by molar-refractivity contribution is -0.114. The Bertz CT molecular complexity index is 642. The molecule has 0 atom stereocenters. The molecule has 100 valence electrons. The zero-order valence-electron chi connectivity index (χ0n) is 11.1. The van der Waals surface area contributed by atoms with Crippen molar-refractivity contribution in [3.05, 3.63) is 59.7 Å². The molecule has 0 saturated carbocycles. The first-order valence-corrected chi connectivity index (χ1v) is 6.17. The van der Waals surface area contributed by atoms with Gasteiger partial charge >= 0.3 is 0 Å². The summed E-state index contributed by atoms with van der Waals surface area (Å²) in [4.78, 5) is 11.1. The monoisotopic (exact) mass is 266 g/mol. The Morgan fingerprint density at radius 2 is 1.90 bits per heavy atom. The summed E-state index contributed by atoms with van der Waals surface area (Å²) in [6.07, 6.45) is 0. The molecule has 2 rings (SSSR count). The third-order valence-electron chi connectivity index (χ3n) is 2.68. The number of nitrogens with one attached hydrogen (secondary N) is 1. The second-order valence-electron chi connectivity index (χ2n) is 4.27. The summed E-state index contributed by atoms with van der Waals surface area (Å²) >= 11 is 0. The van der Waals surface area contributed by atoms with Crippen molar-refractivity contribution in [3.63, 3.8) is 0 Å². The summed E-state index contributed by atoms with van der Waals surface area (Å²) in [6, 6.07) is 16.5. The third-order valence-corrected chi connectivity index (χ3v) is 2.68. The maximum Gasteiger partial charge on any atom is 0.221 e. The topological polar surface area (TPSA) is 62.1 Å². The van der Waals surface area contributed by atoms with E-state index in [0.717, 1.165) is 5.56 Å². The minimum absolute atomic E-state index is 0.139. The highest BCUT2D eigenvalue weighted by Gasteiger charge is 2.04. The number of hydrogen-bond acceptors (Lipinski definition) is 3. The van der Waals surface area contributed by atoms with Crippen molar-refractivity contribution in [1.82, 2.24) is 0 Å². The van der Waals surface area contributed by atoms with Gasteiger partial charge in [0.2, 0.25) is 5.91 Å². The van der Waals surface area contributed by atoms with E-state index in [1.807, 2.05) is 24.3 Å². The van der Waals surface area contributed by atoms with E-state index in [9.17, 15) is 4.79 Å². The van der Waals surface area contributed by atoms with E-state index in [-0.39, 0.29) is 5.91 Å². The Hall–Kier alpha value is -2.80. The highest BCUT2D eigenvalue weighted by molar-refractivity contribution is 5.90. The molecule has 0 aromatic heterocycles. The zero-order chi connectivity index (χ0) is 14.4. The highest BCUT2D eigenvalue weighted by Crippen LogP contribution is 2.24. The predicted octanol–water partition coefficient (Wildman–Crippen LogP) is 3.10. The zero-order valence-corrected chi connectivity index (χ0v) is 11.1. The molecule has 20 heavy (non-hydrogen) atoms. The molecule has 4 heteroatoms. The molecule has 0 aliphatic rings. The van der Waals surface area contributed by atoms with Gasteiger partial charge in [-0.05, 0) is 29.8 Å². The van der Waals surface area contributed by atoms with Crippen molar-refractivity contribution in [2.75, 3.05) is 5.32 Å². The molecule has 0 radical (unpaired) electrons. The lowest BCUT2D eigenvalue weighted by atomic mass is 10.1. The highest BCUT2D eigenvalue weighted by atomic mass is 16.5. The lowest BCUT2D eigenvalue weighted by Gasteiger charge is -2.11. The van der Waals surface area contributed by atoms with Gasteiger partial charge in [-0.2, -0.15) is 5.26 Å². The van der Waals surface area contributed by atoms with Crippen LogP contribution in [0.2, 0.25) is 0 Å². The lowest BCUT2D eigenvalue weighted by Crippen LogP contribution is -2.07. The molecule has 2 aromatic rings. The standard InChI is InChI=1S/C16H14N2O2/c1-12(19)18-15-4-2-3-5-16(15)20-11-14-8-6-13(10-17)7-9-14/h2-9H,11H2,1H3,(H,18,19). The first-order chi connectivity index (χ1) is 9.69. The molecule has 0 spiro atoms. The number of nitrogens with zero attached hydrogens (tertiary/aromatic N) is 1. The van der Waals surface area contributed by atoms with Gasteiger partial charge in [0.25, 0.3) is 0 Å². The van der Waals surface area contributed by atoms with Crippen molar-refractivity contribution in [2.45, 2.75) is 13.5 Å². The molecular formula is C16H14N2O2. The number of anilines is 1. The Kier molecular flexibility index (Phi) is 4.35. The van der Waals surface area contributed by atoms with E-state index >= 15 is 0 Å². The molecule has 0 aliphatic carbocycles. The van der Waals surface area contributed by atoms with E-state index in [4.69, 9.17) is 10.00 Å². The van der Waals surface area contributed by atoms with E-state index in [0.29, 0.717) is 23.6 Å². The number of rotatable bonds is 4. The molecule has 1 amide bonds. The molecule has 4 nitrogen and oxygen atoms in total. The number of nitriles is 1. The molecule has 2 aromatic carbocycles. The second-order valence-corrected chi connectivity index (χ2v) is 4.27. The first kappa shape index (κ1) is 13.6. The number of carbonyl (C=O) groups is 1. The van der Waals surface area contributed by atoms with Crippen LogP contribution in [0.1, 0.15) is 18.1 Å². The van der Waals surface area contributed by atoms with Crippen molar-refractivity contribution in [3.8, 4) is 11.8 Å². The van der Waals surface area contributed by atoms with Crippen molar-refractivity contribution >= 4 is 11.6 Å². The molecule has 0 fully saturated rings. The van der Waals surface area contributed by atoms with Gasteiger partial charge in [0.05, 0.1) is 17.3 Å². The third kappa shape index (κ3) is 3.59. The number of hydrogen-bond donors (Lipinski definition) is 1. The molecule has 0 heterocycles. The molecule has 0 bridgehead atoms. The van der Waals surface area contributed by atoms with Crippen LogP contribution in [0.15, 0.2) is 48.5 Å². The summed E-state index contributed by atoms with van der Waals surface area (Å²) < 4.78 is 5.70. The predicted molar refractivity (Wildman–Crippen MR) is 76.2 cm³/mol. The number of ether oxygens (including phenoxy) is 1. The first-order valence-electron chi connectivity index (χ1n) is 6.17. The van der Waals surface area contributed by atoms with Crippen LogP contribution in [0.3, 0.4) is 0 Å². The minimum atomic E-state index is -0.139. The van der Waals surface area contributed by atoms with Gasteiger partial charge < -0.3 is 10.1 Å². The van der Waals surface area contributed by atoms with Gasteiger partial charge in [-0.1, -0.05) is 24.3 Å². The quantitative estimate of drug-likeness (QED) is 0.924. The van der Waals surface area contributed by atoms with Crippen LogP contribution >= 0.6 is 0 Å². The van der Waals surface area contributed by atoms with E-state index < -0.39 is 0 Å². The Morgan fingerprint density at radius 3 is 2.55 bits per heavy atom. The fourth-order valence-electron chi connectivity index (χ4n) is 1.72. The van der Waals surface area contributed by atoms with Gasteiger partial charge in [0.1, 0.15) is 12.4 Å². The van der Waals surface area contributed by atoms with Gasteiger partial charge in [-0.3, -0.25) is 4.79 Å². The molecule has 0 aliphatic heterocycles. The normalized spacial score (nSPS) is 9.60. The smallest absolute Gasteiger partial charge is 0.221 e. The maximum atomic E-state index is 11.1. The van der Waals surface area contributed by atoms with E-state index in [1.165, 1.54) is 6.92 Å². The summed E-state index contributed by atoms with van der Waals surface area (Å²) in [7, 11) is 0. The Balaban J connectivity index is 2.06. The van der Waals surface area contributed by atoms with Crippen LogP contribution in [-0.2, 0) is 11.4 Å². The largest absolute Gasteiger partial charge is 0.487 e. The Morgan fingerprint density at radius 1 is 1.20 bits per heavy atom. The fraction of sp³-hybridized carbons (Fsp3) is 0.125. The van der Waals surface area contributed by atoms with Crippen molar-refractivity contribution in [1.29, 1.82) is 5.26 Å². The summed E-state index contributed by atoms with van der Waals surface area (Å²) in [5.41, 5.74) is 2.22. The van der Waals surface area contributed by atoms with Crippen LogP contribution < -0.4 is 10.1 Å². The van der Waals surface area contributed by atoms with Crippen molar-refractivity contribution in [2.24, 2.45) is 0 Å². The van der Waals surface area contributed by atoms with Gasteiger partial charge in [-0.15, -0.1) is 0 Å². The molecule has 0 saturated heterocycles. The fourth-order valence-corrected chi connectivity index (χ4v) is 1.72.